The third kappa shape index (κ3) is 4.33. The molecule has 0 spiro atoms. The molecule has 1 fully saturated rings. The number of rotatable bonds is 6. The molecule has 1 aliphatic heterocycles. The molecule has 118 valence electrons. The summed E-state index contributed by atoms with van der Waals surface area (Å²) >= 11 is 0. The van der Waals surface area contributed by atoms with Crippen molar-refractivity contribution in [2.24, 2.45) is 0 Å². The zero-order valence-electron chi connectivity index (χ0n) is 13.2. The van der Waals surface area contributed by atoms with Crippen LogP contribution in [0.25, 0.3) is 0 Å². The van der Waals surface area contributed by atoms with Gasteiger partial charge in [0.25, 0.3) is 0 Å². The third-order valence-corrected chi connectivity index (χ3v) is 3.91. The van der Waals surface area contributed by atoms with E-state index in [-0.39, 0.29) is 6.04 Å². The van der Waals surface area contributed by atoms with Crippen LogP contribution < -0.4 is 14.8 Å². The summed E-state index contributed by atoms with van der Waals surface area (Å²) in [7, 11) is 5.32. The van der Waals surface area contributed by atoms with Crippen molar-refractivity contribution < 1.29 is 14.2 Å². The van der Waals surface area contributed by atoms with Gasteiger partial charge in [0.15, 0.2) is 11.5 Å². The van der Waals surface area contributed by atoms with Crippen LogP contribution in [0.2, 0.25) is 0 Å². The Balaban J connectivity index is 2.09. The Morgan fingerprint density at radius 2 is 2.00 bits per heavy atom. The maximum absolute atomic E-state index is 5.51. The smallest absolute Gasteiger partial charge is 0.161 e. The summed E-state index contributed by atoms with van der Waals surface area (Å²) in [5.41, 5.74) is 1.21. The third-order valence-electron chi connectivity index (χ3n) is 3.91. The molecule has 0 aromatic heterocycles. The number of benzene rings is 1. The average Bonchev–Trinajstić information content (AvgIpc) is 2.80. The van der Waals surface area contributed by atoms with Crippen molar-refractivity contribution in [1.82, 2.24) is 10.2 Å². The number of likely N-dealkylation sites (N-methyl/N-ethyl adjacent to an activating group) is 1. The number of methoxy groups -OCH3 is 2. The number of nitrogens with one attached hydrogen (secondary N) is 1. The van der Waals surface area contributed by atoms with Gasteiger partial charge in [-0.25, -0.2) is 0 Å². The molecule has 5 nitrogen and oxygen atoms in total. The summed E-state index contributed by atoms with van der Waals surface area (Å²) in [5, 5.41) is 3.40. The topological polar surface area (TPSA) is 43.0 Å². The molecule has 1 aromatic carbocycles. The van der Waals surface area contributed by atoms with Crippen LogP contribution in [0.15, 0.2) is 18.2 Å². The Hall–Kier alpha value is -1.30. The predicted octanol–water partition coefficient (Wildman–Crippen LogP) is 1.69. The van der Waals surface area contributed by atoms with Crippen LogP contribution in [-0.4, -0.2) is 59.0 Å². The van der Waals surface area contributed by atoms with Crippen LogP contribution in [0.5, 0.6) is 11.5 Å². The first kappa shape index (κ1) is 16.1. The van der Waals surface area contributed by atoms with Gasteiger partial charge in [-0.2, -0.15) is 0 Å². The Morgan fingerprint density at radius 3 is 2.71 bits per heavy atom. The number of nitrogens with zero attached hydrogens (tertiary/aromatic N) is 1. The molecule has 0 saturated carbocycles. The quantitative estimate of drug-likeness (QED) is 0.865. The molecule has 0 aliphatic carbocycles. The summed E-state index contributed by atoms with van der Waals surface area (Å²) in [4.78, 5) is 2.45. The molecular formula is C16H26N2O3. The van der Waals surface area contributed by atoms with Gasteiger partial charge in [-0.15, -0.1) is 0 Å². The van der Waals surface area contributed by atoms with Gasteiger partial charge in [0.2, 0.25) is 0 Å². The zero-order chi connectivity index (χ0) is 15.1. The van der Waals surface area contributed by atoms with Gasteiger partial charge in [0, 0.05) is 32.3 Å². The molecule has 0 bridgehead atoms. The van der Waals surface area contributed by atoms with Crippen LogP contribution in [0.3, 0.4) is 0 Å². The van der Waals surface area contributed by atoms with Crippen molar-refractivity contribution in [3.8, 4) is 11.5 Å². The maximum Gasteiger partial charge on any atom is 0.161 e. The molecular weight excluding hydrogens is 268 g/mol. The summed E-state index contributed by atoms with van der Waals surface area (Å²) in [6.07, 6.45) is 1.10. The van der Waals surface area contributed by atoms with E-state index in [9.17, 15) is 0 Å². The molecule has 2 rings (SSSR count). The monoisotopic (exact) mass is 294 g/mol. The SMILES string of the molecule is CNC(CN1CCCOCC1)c1ccc(OC)c(OC)c1. The van der Waals surface area contributed by atoms with E-state index in [0.29, 0.717) is 0 Å². The standard InChI is InChI=1S/C16H26N2O3/c1-17-14(12-18-7-4-9-21-10-8-18)13-5-6-15(19-2)16(11-13)20-3/h5-6,11,14,17H,4,7-10,12H2,1-3H3. The van der Waals surface area contributed by atoms with E-state index < -0.39 is 0 Å². The Labute approximate surface area is 127 Å². The molecule has 5 heteroatoms. The molecule has 1 aromatic rings. The summed E-state index contributed by atoms with van der Waals surface area (Å²) in [5.74, 6) is 1.54. The van der Waals surface area contributed by atoms with Crippen molar-refractivity contribution in [2.75, 3.05) is 54.1 Å². The van der Waals surface area contributed by atoms with E-state index in [1.165, 1.54) is 5.56 Å². The molecule has 1 atom stereocenters. The van der Waals surface area contributed by atoms with E-state index in [1.54, 1.807) is 14.2 Å². The fourth-order valence-corrected chi connectivity index (χ4v) is 2.67. The van der Waals surface area contributed by atoms with Gasteiger partial charge in [0.05, 0.1) is 20.8 Å². The largest absolute Gasteiger partial charge is 0.493 e. The second kappa shape index (κ2) is 8.22. The lowest BCUT2D eigenvalue weighted by molar-refractivity contribution is 0.139. The van der Waals surface area contributed by atoms with Crippen LogP contribution >= 0.6 is 0 Å². The van der Waals surface area contributed by atoms with E-state index in [1.807, 2.05) is 19.2 Å². The highest BCUT2D eigenvalue weighted by Crippen LogP contribution is 2.30. The first-order chi connectivity index (χ1) is 10.3. The first-order valence-electron chi connectivity index (χ1n) is 7.47. The Morgan fingerprint density at radius 1 is 1.19 bits per heavy atom. The van der Waals surface area contributed by atoms with Crippen LogP contribution in [0.4, 0.5) is 0 Å². The lowest BCUT2D eigenvalue weighted by Gasteiger charge is -2.26. The highest BCUT2D eigenvalue weighted by molar-refractivity contribution is 5.43. The molecule has 1 N–H and O–H groups in total. The fraction of sp³-hybridized carbons (Fsp3) is 0.625. The van der Waals surface area contributed by atoms with Crippen molar-refractivity contribution in [3.05, 3.63) is 23.8 Å². The molecule has 0 amide bonds. The van der Waals surface area contributed by atoms with Crippen LogP contribution in [-0.2, 0) is 4.74 Å². The van der Waals surface area contributed by atoms with Gasteiger partial charge in [-0.1, -0.05) is 6.07 Å². The van der Waals surface area contributed by atoms with E-state index in [4.69, 9.17) is 14.2 Å². The molecule has 0 radical (unpaired) electrons. The Bertz CT molecular complexity index is 432. The van der Waals surface area contributed by atoms with E-state index in [0.717, 1.165) is 50.8 Å². The maximum atomic E-state index is 5.51. The van der Waals surface area contributed by atoms with Gasteiger partial charge in [0.1, 0.15) is 0 Å². The second-order valence-corrected chi connectivity index (χ2v) is 5.22. The molecule has 1 aliphatic rings. The number of hydrogen-bond donors (Lipinski definition) is 1. The minimum absolute atomic E-state index is 0.267. The first-order valence-corrected chi connectivity index (χ1v) is 7.47. The van der Waals surface area contributed by atoms with Gasteiger partial charge < -0.3 is 19.5 Å². The van der Waals surface area contributed by atoms with E-state index in [2.05, 4.69) is 16.3 Å². The van der Waals surface area contributed by atoms with Crippen LogP contribution in [0.1, 0.15) is 18.0 Å². The normalized spacial score (nSPS) is 18.0. The van der Waals surface area contributed by atoms with Gasteiger partial charge >= 0.3 is 0 Å². The number of hydrogen-bond acceptors (Lipinski definition) is 5. The second-order valence-electron chi connectivity index (χ2n) is 5.22. The van der Waals surface area contributed by atoms with Crippen molar-refractivity contribution in [3.63, 3.8) is 0 Å². The lowest BCUT2D eigenvalue weighted by atomic mass is 10.1. The van der Waals surface area contributed by atoms with Gasteiger partial charge in [-0.3, -0.25) is 4.90 Å². The Kier molecular flexibility index (Phi) is 6.29. The fourth-order valence-electron chi connectivity index (χ4n) is 2.67. The number of ether oxygens (including phenoxy) is 3. The lowest BCUT2D eigenvalue weighted by Crippen LogP contribution is -2.35. The highest BCUT2D eigenvalue weighted by Gasteiger charge is 2.17. The summed E-state index contributed by atoms with van der Waals surface area (Å²) in [6.45, 7) is 4.74. The molecule has 1 saturated heterocycles. The van der Waals surface area contributed by atoms with Crippen molar-refractivity contribution in [1.29, 1.82) is 0 Å². The summed E-state index contributed by atoms with van der Waals surface area (Å²) < 4.78 is 16.2. The van der Waals surface area contributed by atoms with Crippen molar-refractivity contribution >= 4 is 0 Å². The van der Waals surface area contributed by atoms with Crippen LogP contribution in [0, 0.1) is 0 Å². The van der Waals surface area contributed by atoms with Crippen molar-refractivity contribution in [2.45, 2.75) is 12.5 Å². The van der Waals surface area contributed by atoms with E-state index >= 15 is 0 Å². The van der Waals surface area contributed by atoms with Gasteiger partial charge in [-0.05, 0) is 31.2 Å². The summed E-state index contributed by atoms with van der Waals surface area (Å²) in [6, 6.07) is 6.37. The zero-order valence-corrected chi connectivity index (χ0v) is 13.2. The molecule has 21 heavy (non-hydrogen) atoms. The minimum Gasteiger partial charge on any atom is -0.493 e. The molecule has 1 heterocycles. The molecule has 1 unspecified atom stereocenters. The average molecular weight is 294 g/mol. The minimum atomic E-state index is 0.267. The predicted molar refractivity (Wildman–Crippen MR) is 83.2 cm³/mol. The highest BCUT2D eigenvalue weighted by atomic mass is 16.5.